The minimum absolute atomic E-state index is 0.0847. The molecule has 0 aliphatic rings. The summed E-state index contributed by atoms with van der Waals surface area (Å²) in [7, 11) is 1.55. The lowest BCUT2D eigenvalue weighted by Gasteiger charge is -2.19. The van der Waals surface area contributed by atoms with Crippen LogP contribution in [0.15, 0.2) is 59.7 Å². The summed E-state index contributed by atoms with van der Waals surface area (Å²) in [6, 6.07) is 11.4. The van der Waals surface area contributed by atoms with Crippen LogP contribution in [0.3, 0.4) is 0 Å². The zero-order valence-corrected chi connectivity index (χ0v) is 17.0. The van der Waals surface area contributed by atoms with Gasteiger partial charge in [-0.25, -0.2) is 4.98 Å². The van der Waals surface area contributed by atoms with Crippen molar-refractivity contribution in [2.75, 3.05) is 7.11 Å². The first-order chi connectivity index (χ1) is 14.4. The lowest BCUT2D eigenvalue weighted by molar-refractivity contribution is -0.147. The van der Waals surface area contributed by atoms with E-state index in [0.29, 0.717) is 17.0 Å². The van der Waals surface area contributed by atoms with Crippen molar-refractivity contribution in [1.29, 1.82) is 0 Å². The maximum atomic E-state index is 12.9. The Bertz CT molecular complexity index is 1110. The normalized spacial score (nSPS) is 11.9. The third-order valence-corrected chi connectivity index (χ3v) is 4.42. The minimum Gasteiger partial charge on any atom is -0.497 e. The summed E-state index contributed by atoms with van der Waals surface area (Å²) < 4.78 is 11.7. The lowest BCUT2D eigenvalue weighted by Crippen LogP contribution is -2.35. The summed E-state index contributed by atoms with van der Waals surface area (Å²) in [4.78, 5) is 42.0. The first-order valence-electron chi connectivity index (χ1n) is 9.49. The number of amides is 1. The molecule has 0 saturated heterocycles. The molecule has 2 aromatic heterocycles. The Morgan fingerprint density at radius 3 is 2.53 bits per heavy atom. The summed E-state index contributed by atoms with van der Waals surface area (Å²) in [6.07, 6.45) is 2.42. The van der Waals surface area contributed by atoms with Crippen molar-refractivity contribution in [3.05, 3.63) is 76.3 Å². The van der Waals surface area contributed by atoms with Crippen LogP contribution in [0.2, 0.25) is 0 Å². The molecule has 1 N–H and O–H groups in total. The average molecular weight is 409 g/mol. The minimum atomic E-state index is -0.689. The van der Waals surface area contributed by atoms with E-state index in [0.717, 1.165) is 0 Å². The second-order valence-electron chi connectivity index (χ2n) is 6.95. The van der Waals surface area contributed by atoms with Gasteiger partial charge in [0.1, 0.15) is 17.0 Å². The number of carbonyl (C=O) groups excluding carboxylic acids is 2. The summed E-state index contributed by atoms with van der Waals surface area (Å²) in [5.74, 6) is -0.436. The number of rotatable bonds is 7. The van der Waals surface area contributed by atoms with E-state index in [1.165, 1.54) is 10.6 Å². The first kappa shape index (κ1) is 21.0. The predicted octanol–water partition coefficient (Wildman–Crippen LogP) is 2.52. The average Bonchev–Trinajstić information content (AvgIpc) is 2.73. The quantitative estimate of drug-likeness (QED) is 0.602. The fourth-order valence-electron chi connectivity index (χ4n) is 2.98. The van der Waals surface area contributed by atoms with Crippen molar-refractivity contribution in [2.24, 2.45) is 0 Å². The number of nitrogens with zero attached hydrogens (tertiary/aromatic N) is 2. The number of hydrogen-bond donors (Lipinski definition) is 1. The molecule has 8 heteroatoms. The largest absolute Gasteiger partial charge is 0.497 e. The molecule has 0 unspecified atom stereocenters. The molecule has 2 heterocycles. The summed E-state index contributed by atoms with van der Waals surface area (Å²) in [5.41, 5.74) is 0.510. The number of aromatic nitrogens is 2. The Labute approximate surface area is 173 Å². The van der Waals surface area contributed by atoms with Crippen molar-refractivity contribution in [3.63, 3.8) is 0 Å². The molecule has 30 heavy (non-hydrogen) atoms. The van der Waals surface area contributed by atoms with E-state index in [4.69, 9.17) is 9.47 Å². The molecule has 156 valence electrons. The van der Waals surface area contributed by atoms with Gasteiger partial charge >= 0.3 is 5.97 Å². The zero-order chi connectivity index (χ0) is 21.7. The summed E-state index contributed by atoms with van der Waals surface area (Å²) in [5, 5.41) is 2.76. The van der Waals surface area contributed by atoms with Gasteiger partial charge in [-0.3, -0.25) is 18.8 Å². The van der Waals surface area contributed by atoms with Gasteiger partial charge in [-0.1, -0.05) is 18.2 Å². The van der Waals surface area contributed by atoms with Crippen LogP contribution >= 0.6 is 0 Å². The van der Waals surface area contributed by atoms with Crippen molar-refractivity contribution in [3.8, 4) is 5.75 Å². The molecule has 0 spiro atoms. The number of pyridine rings is 1. The highest BCUT2D eigenvalue weighted by Crippen LogP contribution is 2.21. The Kier molecular flexibility index (Phi) is 6.46. The smallest absolute Gasteiger partial charge is 0.308 e. The molecule has 0 aliphatic carbocycles. The van der Waals surface area contributed by atoms with Crippen molar-refractivity contribution in [2.45, 2.75) is 32.4 Å². The predicted molar refractivity (Wildman–Crippen MR) is 111 cm³/mol. The van der Waals surface area contributed by atoms with Gasteiger partial charge in [0, 0.05) is 12.4 Å². The van der Waals surface area contributed by atoms with Crippen LogP contribution in [0, 0.1) is 0 Å². The van der Waals surface area contributed by atoms with E-state index in [9.17, 15) is 14.4 Å². The number of esters is 1. The number of benzene rings is 1. The molecule has 3 rings (SSSR count). The van der Waals surface area contributed by atoms with Crippen LogP contribution < -0.4 is 15.6 Å². The third-order valence-electron chi connectivity index (χ3n) is 4.42. The molecule has 1 aromatic carbocycles. The Hall–Kier alpha value is -3.68. The SMILES string of the molecule is COc1ccc([C@@H](CC(=O)OC(C)C)NC(=O)c2cnc3ccccn3c2=O)cc1. The molecule has 0 radical (unpaired) electrons. The number of ether oxygens (including phenoxy) is 2. The molecule has 1 amide bonds. The second-order valence-corrected chi connectivity index (χ2v) is 6.95. The monoisotopic (exact) mass is 409 g/mol. The molecule has 3 aromatic rings. The first-order valence-corrected chi connectivity index (χ1v) is 9.49. The van der Waals surface area contributed by atoms with Crippen molar-refractivity contribution >= 4 is 17.5 Å². The van der Waals surface area contributed by atoms with Crippen LogP contribution in [0.5, 0.6) is 5.75 Å². The molecular formula is C22H23N3O5. The lowest BCUT2D eigenvalue weighted by atomic mass is 10.0. The van der Waals surface area contributed by atoms with Crippen LogP contribution in [-0.2, 0) is 9.53 Å². The third kappa shape index (κ3) is 4.83. The Morgan fingerprint density at radius 1 is 1.13 bits per heavy atom. The zero-order valence-electron chi connectivity index (χ0n) is 17.0. The van der Waals surface area contributed by atoms with E-state index in [2.05, 4.69) is 10.3 Å². The van der Waals surface area contributed by atoms with Gasteiger partial charge in [-0.05, 0) is 43.7 Å². The fourth-order valence-corrected chi connectivity index (χ4v) is 2.98. The number of fused-ring (bicyclic) bond motifs is 1. The standard InChI is InChI=1S/C22H23N3O5/c1-14(2)30-20(26)12-18(15-7-9-16(29-3)10-8-15)24-21(27)17-13-23-19-6-4-5-11-25(19)22(17)28/h4-11,13-14,18H,12H2,1-3H3,(H,24,27)/t18-/m1/s1. The number of carbonyl (C=O) groups is 2. The van der Waals surface area contributed by atoms with E-state index in [1.807, 2.05) is 0 Å². The molecular weight excluding hydrogens is 386 g/mol. The van der Waals surface area contributed by atoms with Gasteiger partial charge in [-0.2, -0.15) is 0 Å². The highest BCUT2D eigenvalue weighted by Gasteiger charge is 2.23. The molecule has 0 saturated carbocycles. The van der Waals surface area contributed by atoms with E-state index in [1.54, 1.807) is 69.6 Å². The van der Waals surface area contributed by atoms with Gasteiger partial charge in [0.05, 0.1) is 25.7 Å². The van der Waals surface area contributed by atoms with Gasteiger partial charge in [0.2, 0.25) is 0 Å². The number of methoxy groups -OCH3 is 1. The fraction of sp³-hybridized carbons (Fsp3) is 0.273. The van der Waals surface area contributed by atoms with Gasteiger partial charge in [-0.15, -0.1) is 0 Å². The van der Waals surface area contributed by atoms with Crippen LogP contribution in [0.4, 0.5) is 0 Å². The van der Waals surface area contributed by atoms with Crippen LogP contribution in [0.25, 0.3) is 5.65 Å². The highest BCUT2D eigenvalue weighted by molar-refractivity contribution is 5.94. The molecule has 0 aliphatic heterocycles. The van der Waals surface area contributed by atoms with E-state index < -0.39 is 23.5 Å². The molecule has 8 nitrogen and oxygen atoms in total. The van der Waals surface area contributed by atoms with E-state index >= 15 is 0 Å². The van der Waals surface area contributed by atoms with Crippen molar-refractivity contribution < 1.29 is 19.1 Å². The van der Waals surface area contributed by atoms with Crippen LogP contribution in [0.1, 0.15) is 42.2 Å². The van der Waals surface area contributed by atoms with Crippen molar-refractivity contribution in [1.82, 2.24) is 14.7 Å². The highest BCUT2D eigenvalue weighted by atomic mass is 16.5. The summed E-state index contributed by atoms with van der Waals surface area (Å²) >= 11 is 0. The van der Waals surface area contributed by atoms with Gasteiger partial charge < -0.3 is 14.8 Å². The molecule has 1 atom stereocenters. The maximum Gasteiger partial charge on any atom is 0.308 e. The maximum absolute atomic E-state index is 12.9. The van der Waals surface area contributed by atoms with Gasteiger partial charge in [0.15, 0.2) is 0 Å². The number of hydrogen-bond acceptors (Lipinski definition) is 6. The Balaban J connectivity index is 1.89. The van der Waals surface area contributed by atoms with Crippen LogP contribution in [-0.4, -0.2) is 34.5 Å². The second kappa shape index (κ2) is 9.21. The Morgan fingerprint density at radius 2 is 1.87 bits per heavy atom. The topological polar surface area (TPSA) is 99.0 Å². The molecule has 0 fully saturated rings. The van der Waals surface area contributed by atoms with E-state index in [-0.39, 0.29) is 18.1 Å². The molecule has 0 bridgehead atoms. The van der Waals surface area contributed by atoms with Gasteiger partial charge in [0.25, 0.3) is 11.5 Å². The summed E-state index contributed by atoms with van der Waals surface area (Å²) in [6.45, 7) is 3.50. The number of nitrogens with one attached hydrogen (secondary N) is 1.